The third kappa shape index (κ3) is 3.83. The van der Waals surface area contributed by atoms with Crippen molar-refractivity contribution >= 4 is 80.7 Å². The molecule has 1 aromatic carbocycles. The van der Waals surface area contributed by atoms with E-state index in [0.29, 0.717) is 15.3 Å². The van der Waals surface area contributed by atoms with Crippen LogP contribution >= 0.6 is 58.5 Å². The van der Waals surface area contributed by atoms with Gasteiger partial charge in [-0.15, -0.1) is 11.3 Å². The summed E-state index contributed by atoms with van der Waals surface area (Å²) in [4.78, 5) is 25.4. The molecular weight excluding hydrogens is 423 g/mol. The number of aromatic hydroxyl groups is 1. The number of phenolic OH excluding ortho intramolecular Hbond substituents is 1. The predicted octanol–water partition coefficient (Wildman–Crippen LogP) is 4.31. The van der Waals surface area contributed by atoms with E-state index in [4.69, 9.17) is 35.4 Å². The molecule has 0 bridgehead atoms. The first-order valence-electron chi connectivity index (χ1n) is 6.67. The van der Waals surface area contributed by atoms with Crippen LogP contribution in [0.25, 0.3) is 6.08 Å². The van der Waals surface area contributed by atoms with Crippen LogP contribution < -0.4 is 5.43 Å². The van der Waals surface area contributed by atoms with Crippen molar-refractivity contribution in [2.45, 2.75) is 0 Å². The van der Waals surface area contributed by atoms with E-state index in [1.54, 1.807) is 17.5 Å². The fourth-order valence-electron chi connectivity index (χ4n) is 1.95. The van der Waals surface area contributed by atoms with Crippen molar-refractivity contribution in [3.8, 4) is 5.75 Å². The molecule has 2 aromatic rings. The lowest BCUT2D eigenvalue weighted by atomic mass is 10.2. The maximum absolute atomic E-state index is 12.5. The Balaban J connectivity index is 1.82. The lowest BCUT2D eigenvalue weighted by Gasteiger charge is -2.14. The van der Waals surface area contributed by atoms with Gasteiger partial charge in [0.25, 0.3) is 11.8 Å². The van der Waals surface area contributed by atoms with E-state index < -0.39 is 11.8 Å². The second-order valence-electron chi connectivity index (χ2n) is 4.77. The van der Waals surface area contributed by atoms with Gasteiger partial charge >= 0.3 is 0 Å². The molecule has 0 saturated carbocycles. The van der Waals surface area contributed by atoms with Crippen molar-refractivity contribution in [1.29, 1.82) is 0 Å². The van der Waals surface area contributed by atoms with Crippen molar-refractivity contribution in [3.63, 3.8) is 0 Å². The Bertz CT molecular complexity index is 890. The summed E-state index contributed by atoms with van der Waals surface area (Å²) < 4.78 is 0.206. The standard InChI is InChI=1S/C15H8Cl2N2O3S3/c16-8-4-7(5-9(17)12(8)20)6-11-14(22)19(15(23)25-11)18-13(21)10-2-1-3-24-10/h1-6,20H,(H,18,21)/b11-6-. The van der Waals surface area contributed by atoms with Crippen LogP contribution in [0, 0.1) is 0 Å². The number of benzene rings is 1. The van der Waals surface area contributed by atoms with E-state index in [1.807, 2.05) is 0 Å². The second kappa shape index (κ2) is 7.35. The van der Waals surface area contributed by atoms with Gasteiger partial charge in [0.2, 0.25) is 0 Å². The van der Waals surface area contributed by atoms with Crippen LogP contribution in [0.5, 0.6) is 5.75 Å². The molecule has 1 fully saturated rings. The summed E-state index contributed by atoms with van der Waals surface area (Å²) in [6, 6.07) is 6.33. The summed E-state index contributed by atoms with van der Waals surface area (Å²) in [7, 11) is 0. The average Bonchev–Trinajstić information content (AvgIpc) is 3.17. The number of hydrogen-bond acceptors (Lipinski definition) is 6. The molecule has 1 saturated heterocycles. The SMILES string of the molecule is O=C(NN1C(=O)/C(=C/c2cc(Cl)c(O)c(Cl)c2)SC1=S)c1cccs1. The molecule has 0 unspecified atom stereocenters. The second-order valence-corrected chi connectivity index (χ2v) is 8.21. The molecule has 10 heteroatoms. The molecule has 128 valence electrons. The number of phenols is 1. The molecule has 3 rings (SSSR count). The number of halogens is 2. The van der Waals surface area contributed by atoms with Crippen LogP contribution in [0.2, 0.25) is 10.0 Å². The highest BCUT2D eigenvalue weighted by Gasteiger charge is 2.34. The van der Waals surface area contributed by atoms with Crippen LogP contribution in [0.15, 0.2) is 34.6 Å². The Morgan fingerprint density at radius 2 is 2.00 bits per heavy atom. The Labute approximate surface area is 166 Å². The van der Waals surface area contributed by atoms with Gasteiger partial charge in [-0.05, 0) is 47.4 Å². The number of hydrogen-bond donors (Lipinski definition) is 2. The van der Waals surface area contributed by atoms with Crippen molar-refractivity contribution < 1.29 is 14.7 Å². The van der Waals surface area contributed by atoms with Crippen molar-refractivity contribution in [1.82, 2.24) is 10.4 Å². The summed E-state index contributed by atoms with van der Waals surface area (Å²) >= 11 is 19.2. The molecule has 2 heterocycles. The van der Waals surface area contributed by atoms with Gasteiger partial charge in [0.05, 0.1) is 19.8 Å². The maximum Gasteiger partial charge on any atom is 0.285 e. The maximum atomic E-state index is 12.5. The molecule has 25 heavy (non-hydrogen) atoms. The van der Waals surface area contributed by atoms with E-state index in [9.17, 15) is 14.7 Å². The molecule has 1 aliphatic heterocycles. The molecule has 2 N–H and O–H groups in total. The van der Waals surface area contributed by atoms with Crippen LogP contribution in [0.4, 0.5) is 0 Å². The van der Waals surface area contributed by atoms with Crippen molar-refractivity contribution in [2.24, 2.45) is 0 Å². The first kappa shape index (κ1) is 18.2. The van der Waals surface area contributed by atoms with Gasteiger partial charge in [-0.25, -0.2) is 0 Å². The Morgan fingerprint density at radius 3 is 2.60 bits per heavy atom. The molecular formula is C15H8Cl2N2O3S3. The molecule has 1 aliphatic rings. The van der Waals surface area contributed by atoms with E-state index in [1.165, 1.54) is 29.5 Å². The number of thiophene rings is 1. The van der Waals surface area contributed by atoms with Gasteiger partial charge < -0.3 is 5.11 Å². The topological polar surface area (TPSA) is 69.6 Å². The minimum atomic E-state index is -0.458. The zero-order valence-electron chi connectivity index (χ0n) is 12.2. The summed E-state index contributed by atoms with van der Waals surface area (Å²) in [5, 5.41) is 12.5. The van der Waals surface area contributed by atoms with Gasteiger partial charge in [-0.2, -0.15) is 5.01 Å². The highest BCUT2D eigenvalue weighted by molar-refractivity contribution is 8.26. The van der Waals surface area contributed by atoms with Crippen LogP contribution in [-0.4, -0.2) is 26.3 Å². The molecule has 5 nitrogen and oxygen atoms in total. The number of carbonyl (C=O) groups is 2. The van der Waals surface area contributed by atoms with Crippen molar-refractivity contribution in [3.05, 3.63) is 55.0 Å². The first-order valence-corrected chi connectivity index (χ1v) is 9.53. The number of amides is 2. The lowest BCUT2D eigenvalue weighted by Crippen LogP contribution is -2.44. The molecule has 0 radical (unpaired) electrons. The zero-order valence-corrected chi connectivity index (χ0v) is 16.1. The number of carbonyl (C=O) groups excluding carboxylic acids is 2. The van der Waals surface area contributed by atoms with E-state index in [-0.39, 0.29) is 20.1 Å². The number of thiocarbonyl (C=S) groups is 1. The monoisotopic (exact) mass is 430 g/mol. The summed E-state index contributed by atoms with van der Waals surface area (Å²) in [5.41, 5.74) is 3.01. The molecule has 2 amide bonds. The highest BCUT2D eigenvalue weighted by Crippen LogP contribution is 2.36. The van der Waals surface area contributed by atoms with Gasteiger partial charge in [0, 0.05) is 0 Å². The molecule has 0 spiro atoms. The van der Waals surface area contributed by atoms with E-state index >= 15 is 0 Å². The molecule has 0 aliphatic carbocycles. The fourth-order valence-corrected chi connectivity index (χ4v) is 4.25. The molecule has 1 aromatic heterocycles. The molecule has 0 atom stereocenters. The smallest absolute Gasteiger partial charge is 0.285 e. The lowest BCUT2D eigenvalue weighted by molar-refractivity contribution is -0.123. The van der Waals surface area contributed by atoms with Gasteiger partial charge in [0.15, 0.2) is 10.1 Å². The van der Waals surface area contributed by atoms with Crippen LogP contribution in [-0.2, 0) is 4.79 Å². The number of rotatable bonds is 3. The third-order valence-electron chi connectivity index (χ3n) is 3.09. The predicted molar refractivity (Wildman–Crippen MR) is 105 cm³/mol. The van der Waals surface area contributed by atoms with E-state index in [2.05, 4.69) is 5.43 Å². The number of hydrazine groups is 1. The third-order valence-corrected chi connectivity index (χ3v) is 5.84. The van der Waals surface area contributed by atoms with Gasteiger partial charge in [0.1, 0.15) is 0 Å². The van der Waals surface area contributed by atoms with Crippen LogP contribution in [0.1, 0.15) is 15.2 Å². The normalized spacial score (nSPS) is 15.9. The largest absolute Gasteiger partial charge is 0.505 e. The quantitative estimate of drug-likeness (QED) is 0.560. The van der Waals surface area contributed by atoms with Gasteiger partial charge in [-0.3, -0.25) is 15.0 Å². The summed E-state index contributed by atoms with van der Waals surface area (Å²) in [6.45, 7) is 0. The van der Waals surface area contributed by atoms with E-state index in [0.717, 1.165) is 16.8 Å². The van der Waals surface area contributed by atoms with Gasteiger partial charge in [-0.1, -0.05) is 41.0 Å². The summed E-state index contributed by atoms with van der Waals surface area (Å²) in [5.74, 6) is -1.10. The fraction of sp³-hybridized carbons (Fsp3) is 0. The highest BCUT2D eigenvalue weighted by atomic mass is 35.5. The Hall–Kier alpha value is -1.58. The Morgan fingerprint density at radius 1 is 1.32 bits per heavy atom. The van der Waals surface area contributed by atoms with Crippen molar-refractivity contribution in [2.75, 3.05) is 0 Å². The number of thioether (sulfide) groups is 1. The first-order chi connectivity index (χ1) is 11.9. The average molecular weight is 431 g/mol. The number of nitrogens with one attached hydrogen (secondary N) is 1. The zero-order chi connectivity index (χ0) is 18.1. The summed E-state index contributed by atoms with van der Waals surface area (Å²) in [6.07, 6.45) is 1.54. The number of nitrogens with zero attached hydrogens (tertiary/aromatic N) is 1. The minimum absolute atomic E-state index is 0.0697. The minimum Gasteiger partial charge on any atom is -0.505 e. The van der Waals surface area contributed by atoms with Crippen LogP contribution in [0.3, 0.4) is 0 Å². The Kier molecular flexibility index (Phi) is 5.35.